The van der Waals surface area contributed by atoms with Crippen molar-refractivity contribution >= 4 is 5.91 Å². The number of hydrogen-bond donors (Lipinski definition) is 0. The van der Waals surface area contributed by atoms with Gasteiger partial charge in [0.2, 0.25) is 11.8 Å². The lowest BCUT2D eigenvalue weighted by molar-refractivity contribution is -0.129. The Balaban J connectivity index is 1.71. The Morgan fingerprint density at radius 3 is 2.81 bits per heavy atom. The molecule has 0 radical (unpaired) electrons. The second-order valence-electron chi connectivity index (χ2n) is 6.71. The molecule has 0 spiro atoms. The first-order valence-corrected chi connectivity index (χ1v) is 8.75. The summed E-state index contributed by atoms with van der Waals surface area (Å²) < 4.78 is 15.8. The van der Waals surface area contributed by atoms with Crippen LogP contribution in [0.2, 0.25) is 0 Å². The molecule has 2 unspecified atom stereocenters. The van der Waals surface area contributed by atoms with Crippen LogP contribution in [0.1, 0.15) is 28.8 Å². The number of methoxy groups -OCH3 is 2. The Kier molecular flexibility index (Phi) is 6.00. The average molecular weight is 359 g/mol. The van der Waals surface area contributed by atoms with Gasteiger partial charge in [0, 0.05) is 33.2 Å². The highest BCUT2D eigenvalue weighted by Crippen LogP contribution is 2.32. The molecule has 1 aliphatic heterocycles. The van der Waals surface area contributed by atoms with Crippen LogP contribution in [0, 0.1) is 12.8 Å². The molecule has 7 nitrogen and oxygen atoms in total. The number of nitrogens with zero attached hydrogens (tertiary/aromatic N) is 3. The maximum atomic E-state index is 12.8. The maximum Gasteiger partial charge on any atom is 0.232 e. The molecule has 26 heavy (non-hydrogen) atoms. The number of carbonyl (C=O) groups is 1. The van der Waals surface area contributed by atoms with Crippen LogP contribution in [0.3, 0.4) is 0 Å². The molecule has 2 heterocycles. The van der Waals surface area contributed by atoms with Gasteiger partial charge in [0.25, 0.3) is 0 Å². The minimum atomic E-state index is -0.0196. The summed E-state index contributed by atoms with van der Waals surface area (Å²) >= 11 is 0. The summed E-state index contributed by atoms with van der Waals surface area (Å²) in [7, 11) is 3.25. The Bertz CT molecular complexity index is 746. The smallest absolute Gasteiger partial charge is 0.232 e. The fourth-order valence-corrected chi connectivity index (χ4v) is 3.43. The molecule has 0 aliphatic carbocycles. The van der Waals surface area contributed by atoms with Crippen molar-refractivity contribution in [3.05, 3.63) is 47.1 Å². The zero-order valence-electron chi connectivity index (χ0n) is 15.5. The van der Waals surface area contributed by atoms with Gasteiger partial charge in [0.1, 0.15) is 6.61 Å². The summed E-state index contributed by atoms with van der Waals surface area (Å²) in [6.07, 6.45) is 0.401. The zero-order valence-corrected chi connectivity index (χ0v) is 15.5. The summed E-state index contributed by atoms with van der Waals surface area (Å²) in [6, 6.07) is 7.98. The summed E-state index contributed by atoms with van der Waals surface area (Å²) in [5, 5.41) is 3.94. The van der Waals surface area contributed by atoms with Crippen molar-refractivity contribution in [3.63, 3.8) is 0 Å². The first-order chi connectivity index (χ1) is 12.6. The number of likely N-dealkylation sites (tertiary alicyclic amines) is 1. The molecule has 3 rings (SSSR count). The topological polar surface area (TPSA) is 77.7 Å². The minimum Gasteiger partial charge on any atom is -0.384 e. The van der Waals surface area contributed by atoms with Gasteiger partial charge < -0.3 is 18.9 Å². The monoisotopic (exact) mass is 359 g/mol. The van der Waals surface area contributed by atoms with E-state index < -0.39 is 0 Å². The van der Waals surface area contributed by atoms with E-state index in [-0.39, 0.29) is 17.7 Å². The van der Waals surface area contributed by atoms with Crippen molar-refractivity contribution in [2.45, 2.75) is 25.9 Å². The van der Waals surface area contributed by atoms with E-state index >= 15 is 0 Å². The van der Waals surface area contributed by atoms with Gasteiger partial charge in [-0.05, 0) is 18.1 Å². The van der Waals surface area contributed by atoms with E-state index in [1.54, 1.807) is 14.2 Å². The second kappa shape index (κ2) is 8.42. The van der Waals surface area contributed by atoms with E-state index in [0.717, 1.165) is 11.1 Å². The third kappa shape index (κ3) is 4.11. The second-order valence-corrected chi connectivity index (χ2v) is 6.71. The molecule has 1 aliphatic rings. The van der Waals surface area contributed by atoms with Crippen molar-refractivity contribution < 1.29 is 18.8 Å². The number of ether oxygens (including phenoxy) is 2. The first kappa shape index (κ1) is 18.5. The SMILES string of the molecule is COCc1noc(C2CN(C(=O)Cc3ccccc3C)CC2COC)n1. The van der Waals surface area contributed by atoms with E-state index in [9.17, 15) is 4.79 Å². The van der Waals surface area contributed by atoms with Crippen LogP contribution in [0.4, 0.5) is 0 Å². The molecule has 140 valence electrons. The Labute approximate surface area is 153 Å². The number of benzene rings is 1. The maximum absolute atomic E-state index is 12.8. The number of aromatic nitrogens is 2. The third-order valence-electron chi connectivity index (χ3n) is 4.85. The summed E-state index contributed by atoms with van der Waals surface area (Å²) in [5.41, 5.74) is 2.19. The molecule has 2 aromatic rings. The van der Waals surface area contributed by atoms with Crippen molar-refractivity contribution in [2.75, 3.05) is 33.9 Å². The van der Waals surface area contributed by atoms with Gasteiger partial charge >= 0.3 is 0 Å². The van der Waals surface area contributed by atoms with Crippen LogP contribution in [0.15, 0.2) is 28.8 Å². The lowest BCUT2D eigenvalue weighted by atomic mass is 9.97. The number of rotatable bonds is 7. The Morgan fingerprint density at radius 1 is 1.27 bits per heavy atom. The van der Waals surface area contributed by atoms with Crippen LogP contribution in [0.25, 0.3) is 0 Å². The largest absolute Gasteiger partial charge is 0.384 e. The number of amides is 1. The van der Waals surface area contributed by atoms with E-state index in [1.165, 1.54) is 0 Å². The molecule has 7 heteroatoms. The molecule has 0 saturated carbocycles. The van der Waals surface area contributed by atoms with E-state index in [1.807, 2.05) is 36.1 Å². The van der Waals surface area contributed by atoms with Gasteiger partial charge in [-0.3, -0.25) is 4.79 Å². The molecule has 1 aromatic heterocycles. The fourth-order valence-electron chi connectivity index (χ4n) is 3.43. The lowest BCUT2D eigenvalue weighted by Crippen LogP contribution is -2.30. The van der Waals surface area contributed by atoms with Crippen molar-refractivity contribution in [1.29, 1.82) is 0 Å². The van der Waals surface area contributed by atoms with E-state index in [0.29, 0.717) is 44.4 Å². The number of hydrogen-bond acceptors (Lipinski definition) is 6. The highest BCUT2D eigenvalue weighted by molar-refractivity contribution is 5.79. The van der Waals surface area contributed by atoms with Crippen LogP contribution >= 0.6 is 0 Å². The predicted octanol–water partition coefficient (Wildman–Crippen LogP) is 1.96. The molecule has 2 atom stereocenters. The van der Waals surface area contributed by atoms with Crippen LogP contribution in [0.5, 0.6) is 0 Å². The molecule has 1 amide bonds. The number of aryl methyl sites for hydroxylation is 1. The molecule has 0 bridgehead atoms. The predicted molar refractivity (Wildman–Crippen MR) is 94.6 cm³/mol. The highest BCUT2D eigenvalue weighted by atomic mass is 16.5. The quantitative estimate of drug-likeness (QED) is 0.752. The van der Waals surface area contributed by atoms with Crippen LogP contribution in [-0.2, 0) is 27.3 Å². The van der Waals surface area contributed by atoms with Gasteiger partial charge in [-0.15, -0.1) is 0 Å². The van der Waals surface area contributed by atoms with Gasteiger partial charge in [-0.1, -0.05) is 29.4 Å². The fraction of sp³-hybridized carbons (Fsp3) is 0.526. The van der Waals surface area contributed by atoms with E-state index in [4.69, 9.17) is 14.0 Å². The highest BCUT2D eigenvalue weighted by Gasteiger charge is 2.39. The van der Waals surface area contributed by atoms with Crippen LogP contribution < -0.4 is 0 Å². The van der Waals surface area contributed by atoms with E-state index in [2.05, 4.69) is 10.1 Å². The van der Waals surface area contributed by atoms with Crippen molar-refractivity contribution in [3.8, 4) is 0 Å². The third-order valence-corrected chi connectivity index (χ3v) is 4.85. The molecule has 1 aromatic carbocycles. The van der Waals surface area contributed by atoms with Gasteiger partial charge in [0.05, 0.1) is 18.9 Å². The summed E-state index contributed by atoms with van der Waals surface area (Å²) in [6.45, 7) is 4.07. The van der Waals surface area contributed by atoms with Gasteiger partial charge in [-0.25, -0.2) is 0 Å². The van der Waals surface area contributed by atoms with Gasteiger partial charge in [-0.2, -0.15) is 4.98 Å². The summed E-state index contributed by atoms with van der Waals surface area (Å²) in [4.78, 5) is 19.1. The van der Waals surface area contributed by atoms with Crippen molar-refractivity contribution in [1.82, 2.24) is 15.0 Å². The average Bonchev–Trinajstić information content (AvgIpc) is 3.24. The molecule has 1 saturated heterocycles. The Hall–Kier alpha value is -2.25. The Morgan fingerprint density at radius 2 is 2.08 bits per heavy atom. The molecular formula is C19H25N3O4. The molecular weight excluding hydrogens is 334 g/mol. The zero-order chi connectivity index (χ0) is 18.5. The van der Waals surface area contributed by atoms with Gasteiger partial charge in [0.15, 0.2) is 5.82 Å². The molecule has 0 N–H and O–H groups in total. The molecule has 1 fully saturated rings. The number of carbonyl (C=O) groups excluding carboxylic acids is 1. The first-order valence-electron chi connectivity index (χ1n) is 8.75. The van der Waals surface area contributed by atoms with Crippen molar-refractivity contribution in [2.24, 2.45) is 5.92 Å². The lowest BCUT2D eigenvalue weighted by Gasteiger charge is -2.17. The standard InChI is InChI=1S/C19H25N3O4/c1-13-6-4-5-7-14(13)8-18(23)22-9-15(11-24-2)16(10-22)19-20-17(12-25-3)21-26-19/h4-7,15-16H,8-12H2,1-3H3. The minimum absolute atomic E-state index is 0.0196. The normalized spacial score (nSPS) is 19.9. The summed E-state index contributed by atoms with van der Waals surface area (Å²) in [5.74, 6) is 1.29. The van der Waals surface area contributed by atoms with Crippen LogP contribution in [-0.4, -0.2) is 54.9 Å².